The molecule has 4 heterocycles. The number of nitrogens with zero attached hydrogens (tertiary/aromatic N) is 3. The Hall–Kier alpha value is -3.32. The van der Waals surface area contributed by atoms with E-state index in [0.29, 0.717) is 36.0 Å². The van der Waals surface area contributed by atoms with E-state index in [1.165, 1.54) is 67.0 Å². The first-order valence-electron chi connectivity index (χ1n) is 15.9. The molecule has 4 atom stereocenters. The first-order valence-corrected chi connectivity index (χ1v) is 15.9. The van der Waals surface area contributed by atoms with E-state index < -0.39 is 5.41 Å². The minimum absolute atomic E-state index is 0.159. The highest BCUT2D eigenvalue weighted by Crippen LogP contribution is 2.66. The lowest BCUT2D eigenvalue weighted by molar-refractivity contribution is -0.143. The van der Waals surface area contributed by atoms with Crippen LogP contribution in [0.5, 0.6) is 5.75 Å². The van der Waals surface area contributed by atoms with Crippen molar-refractivity contribution in [2.75, 3.05) is 34.4 Å². The maximum atomic E-state index is 14.9. The molecule has 3 aliphatic heterocycles. The summed E-state index contributed by atoms with van der Waals surface area (Å²) >= 11 is 0. The van der Waals surface area contributed by atoms with Gasteiger partial charge in [0.25, 0.3) is 0 Å². The summed E-state index contributed by atoms with van der Waals surface area (Å²) in [5.74, 6) is 1.48. The lowest BCUT2D eigenvalue weighted by Gasteiger charge is -2.41. The van der Waals surface area contributed by atoms with Crippen molar-refractivity contribution < 1.29 is 19.1 Å². The summed E-state index contributed by atoms with van der Waals surface area (Å²) < 4.78 is 13.3. The van der Waals surface area contributed by atoms with Crippen molar-refractivity contribution in [1.82, 2.24) is 14.4 Å². The van der Waals surface area contributed by atoms with Gasteiger partial charge in [0, 0.05) is 54.1 Å². The summed E-state index contributed by atoms with van der Waals surface area (Å²) in [7, 11) is 5.35. The van der Waals surface area contributed by atoms with Crippen LogP contribution in [-0.4, -0.2) is 72.7 Å². The molecule has 42 heavy (non-hydrogen) atoms. The number of methoxy groups -OCH3 is 2. The van der Waals surface area contributed by atoms with Crippen LogP contribution in [0.4, 0.5) is 0 Å². The van der Waals surface area contributed by atoms with Gasteiger partial charge in [-0.2, -0.15) is 0 Å². The predicted octanol–water partition coefficient (Wildman–Crippen LogP) is 5.94. The Morgan fingerprint density at radius 3 is 2.40 bits per heavy atom. The molecule has 7 nitrogen and oxygen atoms in total. The number of carbonyl (C=O) groups is 2. The molecule has 220 valence electrons. The van der Waals surface area contributed by atoms with Gasteiger partial charge in [0.1, 0.15) is 5.75 Å². The molecule has 2 aliphatic carbocycles. The number of ether oxygens (including phenoxy) is 2. The Kier molecular flexibility index (Phi) is 6.01. The molecule has 0 spiro atoms. The zero-order valence-electron chi connectivity index (χ0n) is 25.0. The van der Waals surface area contributed by atoms with Crippen LogP contribution in [0.3, 0.4) is 0 Å². The zero-order valence-corrected chi connectivity index (χ0v) is 25.0. The molecule has 1 amide bonds. The van der Waals surface area contributed by atoms with Gasteiger partial charge in [-0.05, 0) is 86.5 Å². The zero-order chi connectivity index (χ0) is 28.7. The Morgan fingerprint density at radius 2 is 1.69 bits per heavy atom. The van der Waals surface area contributed by atoms with E-state index in [-0.39, 0.29) is 11.9 Å². The second kappa shape index (κ2) is 9.60. The lowest BCUT2D eigenvalue weighted by Crippen LogP contribution is -2.57. The fourth-order valence-corrected chi connectivity index (χ4v) is 9.23. The van der Waals surface area contributed by atoms with Crippen molar-refractivity contribution in [1.29, 1.82) is 0 Å². The molecular weight excluding hydrogens is 526 g/mol. The number of fused-ring (bicyclic) bond motifs is 9. The fourth-order valence-electron chi connectivity index (χ4n) is 9.23. The molecular formula is C35H41N3O4. The topological polar surface area (TPSA) is 64.0 Å². The fraction of sp³-hybridized carbons (Fsp3) is 0.543. The Morgan fingerprint density at radius 1 is 0.929 bits per heavy atom. The number of rotatable bonds is 4. The highest BCUT2D eigenvalue weighted by Gasteiger charge is 2.65. The summed E-state index contributed by atoms with van der Waals surface area (Å²) in [6, 6.07) is 13.2. The Balaban J connectivity index is 1.35. The van der Waals surface area contributed by atoms with E-state index in [9.17, 15) is 9.59 Å². The number of likely N-dealkylation sites (tertiary alicyclic amines) is 1. The SMILES string of the molecule is COC(=O)c1ccc2c(C3CCCCC3)c3n(c2c1)CC1(C(=O)N2C4CCC2CN(C)C4)CC1c1cc(OC)ccc1-3. The molecule has 5 aliphatic rings. The third-order valence-corrected chi connectivity index (χ3v) is 11.3. The van der Waals surface area contributed by atoms with Gasteiger partial charge in [0.2, 0.25) is 5.91 Å². The van der Waals surface area contributed by atoms with Crippen LogP contribution in [0.1, 0.15) is 84.7 Å². The molecule has 0 N–H and O–H groups in total. The third-order valence-electron chi connectivity index (χ3n) is 11.3. The maximum Gasteiger partial charge on any atom is 0.337 e. The molecule has 2 saturated heterocycles. The van der Waals surface area contributed by atoms with E-state index in [1.54, 1.807) is 7.11 Å². The number of aromatic nitrogens is 1. The first kappa shape index (κ1) is 26.3. The second-order valence-corrected chi connectivity index (χ2v) is 13.6. The summed E-state index contributed by atoms with van der Waals surface area (Å²) in [5.41, 5.74) is 6.25. The van der Waals surface area contributed by atoms with Gasteiger partial charge in [0.15, 0.2) is 0 Å². The molecule has 7 heteroatoms. The highest BCUT2D eigenvalue weighted by atomic mass is 16.5. The van der Waals surface area contributed by atoms with E-state index in [1.807, 2.05) is 12.1 Å². The number of amides is 1. The van der Waals surface area contributed by atoms with Crippen LogP contribution >= 0.6 is 0 Å². The minimum Gasteiger partial charge on any atom is -0.497 e. The molecule has 1 aromatic heterocycles. The molecule has 8 rings (SSSR count). The van der Waals surface area contributed by atoms with Crippen LogP contribution in [0.25, 0.3) is 22.2 Å². The molecule has 4 unspecified atom stereocenters. The van der Waals surface area contributed by atoms with Gasteiger partial charge in [-0.15, -0.1) is 0 Å². The summed E-state index contributed by atoms with van der Waals surface area (Å²) in [4.78, 5) is 32.3. The monoisotopic (exact) mass is 567 g/mol. The molecule has 2 saturated carbocycles. The van der Waals surface area contributed by atoms with Gasteiger partial charge in [-0.25, -0.2) is 4.79 Å². The Bertz CT molecular complexity index is 1590. The van der Waals surface area contributed by atoms with Gasteiger partial charge in [0.05, 0.1) is 30.9 Å². The van der Waals surface area contributed by atoms with Crippen LogP contribution < -0.4 is 4.74 Å². The van der Waals surface area contributed by atoms with Crippen molar-refractivity contribution in [3.8, 4) is 17.0 Å². The summed E-state index contributed by atoms with van der Waals surface area (Å²) in [6.45, 7) is 2.56. The van der Waals surface area contributed by atoms with Crippen molar-refractivity contribution in [3.63, 3.8) is 0 Å². The largest absolute Gasteiger partial charge is 0.497 e. The van der Waals surface area contributed by atoms with Crippen molar-refractivity contribution in [2.45, 2.75) is 81.8 Å². The van der Waals surface area contributed by atoms with Gasteiger partial charge < -0.3 is 23.8 Å². The number of likely N-dealkylation sites (N-methyl/N-ethyl adjacent to an activating group) is 1. The van der Waals surface area contributed by atoms with Crippen LogP contribution in [-0.2, 0) is 16.1 Å². The van der Waals surface area contributed by atoms with Crippen molar-refractivity contribution in [2.24, 2.45) is 5.41 Å². The summed E-state index contributed by atoms with van der Waals surface area (Å²) in [6.07, 6.45) is 9.16. The molecule has 0 radical (unpaired) electrons. The predicted molar refractivity (Wildman–Crippen MR) is 162 cm³/mol. The molecule has 3 aromatic rings. The number of esters is 1. The maximum absolute atomic E-state index is 14.9. The first-order chi connectivity index (χ1) is 20.4. The smallest absolute Gasteiger partial charge is 0.337 e. The Labute approximate surface area is 247 Å². The normalized spacial score (nSPS) is 28.5. The van der Waals surface area contributed by atoms with Gasteiger partial charge in [-0.3, -0.25) is 4.79 Å². The number of carbonyl (C=O) groups excluding carboxylic acids is 2. The van der Waals surface area contributed by atoms with Crippen molar-refractivity contribution >= 4 is 22.8 Å². The van der Waals surface area contributed by atoms with Gasteiger partial charge in [-0.1, -0.05) is 25.3 Å². The van der Waals surface area contributed by atoms with Crippen molar-refractivity contribution in [3.05, 3.63) is 53.1 Å². The minimum atomic E-state index is -0.486. The molecule has 2 aromatic carbocycles. The number of benzene rings is 2. The van der Waals surface area contributed by atoms with E-state index in [2.05, 4.69) is 45.7 Å². The lowest BCUT2D eigenvalue weighted by atomic mass is 9.81. The quantitative estimate of drug-likeness (QED) is 0.365. The van der Waals surface area contributed by atoms with E-state index in [4.69, 9.17) is 9.47 Å². The van der Waals surface area contributed by atoms with Crippen LogP contribution in [0.2, 0.25) is 0 Å². The van der Waals surface area contributed by atoms with E-state index >= 15 is 0 Å². The standard InChI is InChI=1S/C35H41N3O4/c1-36-18-23-10-11-24(19-36)38(23)34(40)35-17-29(35)28-16-25(41-2)12-14-26(28)32-31(21-7-5-4-6-8-21)27-13-9-22(33(39)42-3)15-30(27)37(32)20-35/h9,12-16,21,23-24,29H,4-8,10-11,17-20H2,1-3H3. The third kappa shape index (κ3) is 3.74. The number of piperazine rings is 1. The second-order valence-electron chi connectivity index (χ2n) is 13.6. The van der Waals surface area contributed by atoms with Crippen LogP contribution in [0, 0.1) is 5.41 Å². The average Bonchev–Trinajstić information content (AvgIpc) is 3.60. The average molecular weight is 568 g/mol. The number of hydrogen-bond acceptors (Lipinski definition) is 5. The summed E-state index contributed by atoms with van der Waals surface area (Å²) in [5, 5.41) is 1.22. The van der Waals surface area contributed by atoms with Crippen LogP contribution in [0.15, 0.2) is 36.4 Å². The number of hydrogen-bond donors (Lipinski definition) is 0. The highest BCUT2D eigenvalue weighted by molar-refractivity contribution is 6.00. The molecule has 4 fully saturated rings. The van der Waals surface area contributed by atoms with E-state index in [0.717, 1.165) is 43.6 Å². The van der Waals surface area contributed by atoms with Gasteiger partial charge >= 0.3 is 5.97 Å². The molecule has 2 bridgehead atoms.